The van der Waals surface area contributed by atoms with Crippen LogP contribution in [0.25, 0.3) is 0 Å². The zero-order chi connectivity index (χ0) is 20.6. The van der Waals surface area contributed by atoms with Crippen LogP contribution in [0.2, 0.25) is 0 Å². The third-order valence-corrected chi connectivity index (χ3v) is 7.54. The fourth-order valence-corrected chi connectivity index (χ4v) is 5.65. The number of likely N-dealkylation sites (N-methyl/N-ethyl adjacent to an activating group) is 1. The number of quaternary nitrogens is 1. The lowest BCUT2D eigenvalue weighted by atomic mass is 9.90. The van der Waals surface area contributed by atoms with Crippen LogP contribution in [0.15, 0.2) is 60.7 Å². The van der Waals surface area contributed by atoms with E-state index in [0.29, 0.717) is 6.61 Å². The molecular weight excluding hydrogens is 505 g/mol. The zero-order valence-corrected chi connectivity index (χ0v) is 21.2. The number of nitrogens with zero attached hydrogens (tertiary/aromatic N) is 1. The second kappa shape index (κ2) is 12.1. The Balaban J connectivity index is 0.00000320. The molecule has 0 saturated carbocycles. The van der Waals surface area contributed by atoms with Crippen LogP contribution in [0, 0.1) is 0 Å². The highest BCUT2D eigenvalue weighted by Gasteiger charge is 2.44. The van der Waals surface area contributed by atoms with Gasteiger partial charge in [0.05, 0.1) is 20.1 Å². The quantitative estimate of drug-likeness (QED) is 0.201. The maximum absolute atomic E-state index is 13.7. The molecule has 164 valence electrons. The second-order valence-electron chi connectivity index (χ2n) is 8.25. The van der Waals surface area contributed by atoms with Gasteiger partial charge < -0.3 is 33.2 Å². The van der Waals surface area contributed by atoms with Crippen LogP contribution in [0.1, 0.15) is 43.7 Å². The second-order valence-corrected chi connectivity index (χ2v) is 9.56. The van der Waals surface area contributed by atoms with Crippen LogP contribution < -0.4 is 24.0 Å². The molecule has 0 aromatic heterocycles. The predicted octanol–water partition coefficient (Wildman–Crippen LogP) is 2.25. The van der Waals surface area contributed by atoms with Gasteiger partial charge >= 0.3 is 5.97 Å². The largest absolute Gasteiger partial charge is 1.00 e. The number of hydrogen-bond donors (Lipinski definition) is 0. The maximum atomic E-state index is 13.7. The van der Waals surface area contributed by atoms with Crippen LogP contribution in [0.3, 0.4) is 0 Å². The molecule has 1 aliphatic heterocycles. The fourth-order valence-electron chi connectivity index (χ4n) is 4.13. The van der Waals surface area contributed by atoms with Crippen molar-refractivity contribution in [2.24, 2.45) is 0 Å². The van der Waals surface area contributed by atoms with Gasteiger partial charge in [0, 0.05) is 12.8 Å². The van der Waals surface area contributed by atoms with E-state index in [1.807, 2.05) is 36.4 Å². The van der Waals surface area contributed by atoms with Gasteiger partial charge in [-0.3, -0.25) is 0 Å². The smallest absolute Gasteiger partial charge is 0.331 e. The molecule has 0 amide bonds. The number of hydrogen-bond acceptors (Lipinski definition) is 3. The topological polar surface area (TPSA) is 26.3 Å². The number of thioether (sulfide) groups is 1. The lowest BCUT2D eigenvalue weighted by Crippen LogP contribution is -3.00. The molecule has 1 heterocycles. The molecule has 0 radical (unpaired) electrons. The first-order valence-corrected chi connectivity index (χ1v) is 11.8. The number of likely N-dealkylation sites (tertiary alicyclic amines) is 1. The predicted molar refractivity (Wildman–Crippen MR) is 122 cm³/mol. The third-order valence-electron chi connectivity index (χ3n) is 5.97. The van der Waals surface area contributed by atoms with E-state index in [1.165, 1.54) is 25.9 Å². The van der Waals surface area contributed by atoms with Crippen LogP contribution in [-0.2, 0) is 14.3 Å². The Morgan fingerprint density at radius 1 is 1.00 bits per heavy atom. The molecule has 3 nitrogen and oxygen atoms in total. The highest BCUT2D eigenvalue weighted by atomic mass is 127. The van der Waals surface area contributed by atoms with Crippen LogP contribution in [0.4, 0.5) is 0 Å². The third kappa shape index (κ3) is 6.01. The van der Waals surface area contributed by atoms with Crippen LogP contribution in [0.5, 0.6) is 0 Å². The molecule has 5 heteroatoms. The molecule has 1 saturated heterocycles. The number of ether oxygens (including phenoxy) is 1. The van der Waals surface area contributed by atoms with E-state index >= 15 is 0 Å². The Bertz CT molecular complexity index is 724. The number of carbonyl (C=O) groups is 1. The first-order chi connectivity index (χ1) is 14.1. The summed E-state index contributed by atoms with van der Waals surface area (Å²) >= 11 is 1.71. The van der Waals surface area contributed by atoms with Gasteiger partial charge in [-0.15, -0.1) is 11.8 Å². The Morgan fingerprint density at radius 3 is 2.03 bits per heavy atom. The Morgan fingerprint density at radius 2 is 1.53 bits per heavy atom. The highest BCUT2D eigenvalue weighted by molar-refractivity contribution is 8.01. The minimum atomic E-state index is -0.818. The van der Waals surface area contributed by atoms with Crippen LogP contribution in [-0.4, -0.2) is 49.5 Å². The summed E-state index contributed by atoms with van der Waals surface area (Å²) in [7, 11) is 2.28. The molecule has 1 fully saturated rings. The molecule has 0 spiro atoms. The molecule has 0 atom stereocenters. The van der Waals surface area contributed by atoms with E-state index in [1.54, 1.807) is 11.8 Å². The van der Waals surface area contributed by atoms with Gasteiger partial charge in [0.15, 0.2) is 4.75 Å². The van der Waals surface area contributed by atoms with E-state index in [9.17, 15) is 4.79 Å². The van der Waals surface area contributed by atoms with Gasteiger partial charge in [0.2, 0.25) is 0 Å². The first-order valence-electron chi connectivity index (χ1n) is 10.9. The van der Waals surface area contributed by atoms with Crippen molar-refractivity contribution >= 4 is 17.7 Å². The summed E-state index contributed by atoms with van der Waals surface area (Å²) in [6, 6.07) is 20.3. The minimum Gasteiger partial charge on any atom is -1.00 e. The average Bonchev–Trinajstić information content (AvgIpc) is 3.19. The molecule has 30 heavy (non-hydrogen) atoms. The van der Waals surface area contributed by atoms with Gasteiger partial charge in [-0.1, -0.05) is 74.0 Å². The van der Waals surface area contributed by atoms with Gasteiger partial charge in [-0.2, -0.15) is 0 Å². The normalized spacial score (nSPS) is 15.4. The number of rotatable bonds is 10. The minimum absolute atomic E-state index is 0. The Hall–Kier alpha value is -1.05. The lowest BCUT2D eigenvalue weighted by molar-refractivity contribution is -0.897. The molecule has 1 aliphatic rings. The van der Waals surface area contributed by atoms with Crippen molar-refractivity contribution in [3.05, 3.63) is 71.8 Å². The maximum Gasteiger partial charge on any atom is 0.331 e. The summed E-state index contributed by atoms with van der Waals surface area (Å²) in [6.45, 7) is 5.93. The van der Waals surface area contributed by atoms with E-state index in [-0.39, 0.29) is 29.9 Å². The van der Waals surface area contributed by atoms with Crippen molar-refractivity contribution in [2.75, 3.05) is 39.0 Å². The number of carbonyl (C=O) groups excluding carboxylic acids is 1. The van der Waals surface area contributed by atoms with Crippen molar-refractivity contribution in [3.63, 3.8) is 0 Å². The molecule has 0 aliphatic carbocycles. The van der Waals surface area contributed by atoms with Crippen LogP contribution >= 0.6 is 11.8 Å². The fraction of sp³-hybridized carbons (Fsp3) is 0.480. The molecule has 2 aromatic carbocycles. The number of halogens is 1. The first kappa shape index (κ1) is 25.2. The molecule has 0 bridgehead atoms. The van der Waals surface area contributed by atoms with E-state index in [0.717, 1.165) is 40.7 Å². The standard InChI is InChI=1S/C25H34NO2S.HI/c1-3-4-21-29-25(22-13-7-5-8-14-22,23-15-9-6-10-16-23)24(27)28-20-19-26(2)17-11-12-18-26;/h5-10,13-16H,3-4,11-12,17-21H2,1-2H3;1H/q+1;/p-1. The van der Waals surface area contributed by atoms with Crippen molar-refractivity contribution in [2.45, 2.75) is 37.4 Å². The number of benzene rings is 2. The van der Waals surface area contributed by atoms with Gasteiger partial charge in [0.25, 0.3) is 0 Å². The molecule has 2 aromatic rings. The summed E-state index contributed by atoms with van der Waals surface area (Å²) in [5, 5.41) is 0. The Kier molecular flexibility index (Phi) is 10.2. The van der Waals surface area contributed by atoms with Gasteiger partial charge in [-0.25, -0.2) is 4.79 Å². The molecule has 0 unspecified atom stereocenters. The summed E-state index contributed by atoms with van der Waals surface area (Å²) in [6.07, 6.45) is 4.73. The Labute approximate surface area is 203 Å². The average molecular weight is 540 g/mol. The molecule has 3 rings (SSSR count). The van der Waals surface area contributed by atoms with E-state index in [4.69, 9.17) is 4.74 Å². The van der Waals surface area contributed by atoms with E-state index < -0.39 is 4.75 Å². The van der Waals surface area contributed by atoms with Gasteiger partial charge in [-0.05, 0) is 23.3 Å². The van der Waals surface area contributed by atoms with E-state index in [2.05, 4.69) is 38.2 Å². The monoisotopic (exact) mass is 539 g/mol. The van der Waals surface area contributed by atoms with Crippen molar-refractivity contribution in [1.29, 1.82) is 0 Å². The highest BCUT2D eigenvalue weighted by Crippen LogP contribution is 2.44. The molecular formula is C25H34INO2S. The SMILES string of the molecule is CCCCSC(C(=O)OCC[N+]1(C)CCCC1)(c1ccccc1)c1ccccc1.[I-]. The summed E-state index contributed by atoms with van der Waals surface area (Å²) in [4.78, 5) is 13.7. The number of esters is 1. The lowest BCUT2D eigenvalue weighted by Gasteiger charge is -2.33. The summed E-state index contributed by atoms with van der Waals surface area (Å²) in [5.41, 5.74) is 2.00. The van der Waals surface area contributed by atoms with Crippen molar-refractivity contribution in [3.8, 4) is 0 Å². The number of unbranched alkanes of at least 4 members (excludes halogenated alkanes) is 1. The zero-order valence-electron chi connectivity index (χ0n) is 18.2. The van der Waals surface area contributed by atoms with Gasteiger partial charge in [0.1, 0.15) is 13.2 Å². The summed E-state index contributed by atoms with van der Waals surface area (Å²) in [5.74, 6) is 0.783. The molecule has 0 N–H and O–H groups in total. The summed E-state index contributed by atoms with van der Waals surface area (Å²) < 4.78 is 6.19. The van der Waals surface area contributed by atoms with Crippen molar-refractivity contribution < 1.29 is 38.0 Å². The van der Waals surface area contributed by atoms with Crippen molar-refractivity contribution in [1.82, 2.24) is 0 Å².